The molecular formula is C23H25Cl3FN7O2. The average molecular weight is 557 g/mol. The molecule has 1 aliphatic heterocycles. The molecule has 36 heavy (non-hydrogen) atoms. The molecule has 4 N–H and O–H groups in total. The first-order valence-corrected chi connectivity index (χ1v) is 12.9. The van der Waals surface area contributed by atoms with Crippen molar-refractivity contribution < 1.29 is 13.9 Å². The maximum Gasteiger partial charge on any atom is 0.224 e. The van der Waals surface area contributed by atoms with Crippen LogP contribution < -0.4 is 16.4 Å². The summed E-state index contributed by atoms with van der Waals surface area (Å²) in [6.07, 6.45) is 3.94. The van der Waals surface area contributed by atoms with Crippen molar-refractivity contribution in [3.63, 3.8) is 0 Å². The van der Waals surface area contributed by atoms with E-state index >= 15 is 0 Å². The van der Waals surface area contributed by atoms with Crippen LogP contribution >= 0.6 is 34.8 Å². The number of alkyl halides is 1. The van der Waals surface area contributed by atoms with Gasteiger partial charge in [-0.15, -0.1) is 0 Å². The van der Waals surface area contributed by atoms with E-state index < -0.39 is 6.36 Å². The maximum absolute atomic E-state index is 13.7. The summed E-state index contributed by atoms with van der Waals surface area (Å²) in [4.78, 5) is 25.6. The number of rotatable bonds is 6. The standard InChI is InChI=1S/C23H25Cl3FN7O2/c24-12-7-15(25)19(16(26)8-12)32-23-31-17-10-29-22(30-13-5-6-36-18(27)9-13)33-21(17)34(23)14-3-1-11(2-4-14)20(28)35/h7-8,10-11,13-14,18H,1-6,9H2,(H2,28,35)(H,31,32)(H,29,30,33). The molecule has 2 unspecified atom stereocenters. The molecule has 0 bridgehead atoms. The Morgan fingerprint density at radius 2 is 1.83 bits per heavy atom. The Bertz CT molecular complexity index is 1260. The van der Waals surface area contributed by atoms with Gasteiger partial charge in [0.05, 0.1) is 28.5 Å². The number of benzene rings is 1. The van der Waals surface area contributed by atoms with Crippen LogP contribution in [-0.2, 0) is 9.53 Å². The molecule has 2 aliphatic rings. The van der Waals surface area contributed by atoms with Crippen molar-refractivity contribution in [2.75, 3.05) is 17.2 Å². The molecule has 5 rings (SSSR count). The topological polar surface area (TPSA) is 120 Å². The first-order chi connectivity index (χ1) is 17.3. The Hall–Kier alpha value is -2.40. The van der Waals surface area contributed by atoms with Gasteiger partial charge in [-0.1, -0.05) is 34.8 Å². The van der Waals surface area contributed by atoms with Gasteiger partial charge in [0, 0.05) is 29.4 Å². The number of halogens is 4. The van der Waals surface area contributed by atoms with E-state index in [1.54, 1.807) is 18.3 Å². The van der Waals surface area contributed by atoms with E-state index in [2.05, 4.69) is 15.6 Å². The van der Waals surface area contributed by atoms with E-state index in [1.807, 2.05) is 4.57 Å². The second-order valence-corrected chi connectivity index (χ2v) is 10.4. The lowest BCUT2D eigenvalue weighted by Crippen LogP contribution is -2.32. The fourth-order valence-corrected chi connectivity index (χ4v) is 5.76. The second-order valence-electron chi connectivity index (χ2n) is 9.13. The highest BCUT2D eigenvalue weighted by molar-refractivity contribution is 6.41. The summed E-state index contributed by atoms with van der Waals surface area (Å²) in [6.45, 7) is 0.332. The van der Waals surface area contributed by atoms with Crippen molar-refractivity contribution in [2.24, 2.45) is 11.7 Å². The monoisotopic (exact) mass is 555 g/mol. The van der Waals surface area contributed by atoms with Crippen molar-refractivity contribution in [2.45, 2.75) is 57.0 Å². The molecule has 1 aromatic carbocycles. The van der Waals surface area contributed by atoms with Gasteiger partial charge in [0.1, 0.15) is 5.52 Å². The summed E-state index contributed by atoms with van der Waals surface area (Å²) < 4.78 is 20.7. The number of hydrogen-bond donors (Lipinski definition) is 3. The van der Waals surface area contributed by atoms with Gasteiger partial charge in [0.25, 0.3) is 0 Å². The number of carbonyl (C=O) groups is 1. The molecule has 13 heteroatoms. The van der Waals surface area contributed by atoms with Gasteiger partial charge in [0.2, 0.25) is 24.2 Å². The van der Waals surface area contributed by atoms with Crippen LogP contribution in [0.2, 0.25) is 15.1 Å². The Morgan fingerprint density at radius 3 is 2.50 bits per heavy atom. The number of nitrogens with two attached hydrogens (primary N) is 1. The molecule has 2 atom stereocenters. The summed E-state index contributed by atoms with van der Waals surface area (Å²) in [5, 5.41) is 7.57. The highest BCUT2D eigenvalue weighted by Crippen LogP contribution is 2.40. The minimum atomic E-state index is -1.31. The van der Waals surface area contributed by atoms with Gasteiger partial charge in [-0.05, 0) is 44.2 Å². The lowest BCUT2D eigenvalue weighted by atomic mass is 9.85. The molecule has 1 saturated carbocycles. The minimum absolute atomic E-state index is 0.000922. The fourth-order valence-electron chi connectivity index (χ4n) is 4.85. The molecule has 1 aliphatic carbocycles. The number of imidazole rings is 1. The third kappa shape index (κ3) is 5.32. The number of aromatic nitrogens is 4. The zero-order chi connectivity index (χ0) is 25.4. The molecule has 3 aromatic rings. The van der Waals surface area contributed by atoms with Crippen molar-refractivity contribution in [3.8, 4) is 0 Å². The van der Waals surface area contributed by atoms with Crippen LogP contribution in [0.5, 0.6) is 0 Å². The molecule has 1 amide bonds. The summed E-state index contributed by atoms with van der Waals surface area (Å²) >= 11 is 18.9. The summed E-state index contributed by atoms with van der Waals surface area (Å²) in [5.74, 6) is 0.433. The van der Waals surface area contributed by atoms with Crippen LogP contribution in [0, 0.1) is 5.92 Å². The fraction of sp³-hybridized carbons (Fsp3) is 0.478. The molecule has 2 fully saturated rings. The summed E-state index contributed by atoms with van der Waals surface area (Å²) in [6, 6.07) is 3.05. The molecule has 1 saturated heterocycles. The van der Waals surface area contributed by atoms with Crippen LogP contribution in [0.15, 0.2) is 18.3 Å². The van der Waals surface area contributed by atoms with Crippen LogP contribution in [0.3, 0.4) is 0 Å². The smallest absolute Gasteiger partial charge is 0.224 e. The quantitative estimate of drug-likeness (QED) is 0.360. The number of fused-ring (bicyclic) bond motifs is 1. The zero-order valence-electron chi connectivity index (χ0n) is 19.2. The van der Waals surface area contributed by atoms with Gasteiger partial charge in [-0.2, -0.15) is 4.98 Å². The Morgan fingerprint density at radius 1 is 1.11 bits per heavy atom. The van der Waals surface area contributed by atoms with Gasteiger partial charge >= 0.3 is 0 Å². The van der Waals surface area contributed by atoms with Gasteiger partial charge in [0.15, 0.2) is 5.65 Å². The van der Waals surface area contributed by atoms with Crippen molar-refractivity contribution in [1.29, 1.82) is 0 Å². The first-order valence-electron chi connectivity index (χ1n) is 11.8. The van der Waals surface area contributed by atoms with Crippen molar-refractivity contribution >= 4 is 69.5 Å². The lowest BCUT2D eigenvalue weighted by Gasteiger charge is -2.29. The zero-order valence-corrected chi connectivity index (χ0v) is 21.5. The number of nitrogens with one attached hydrogen (secondary N) is 2. The van der Waals surface area contributed by atoms with E-state index in [9.17, 15) is 9.18 Å². The maximum atomic E-state index is 13.7. The highest BCUT2D eigenvalue weighted by Gasteiger charge is 2.30. The first kappa shape index (κ1) is 25.3. The van der Waals surface area contributed by atoms with Gasteiger partial charge < -0.3 is 21.1 Å². The summed E-state index contributed by atoms with van der Waals surface area (Å²) in [7, 11) is 0. The number of primary amides is 1. The van der Waals surface area contributed by atoms with Gasteiger partial charge in [-0.25, -0.2) is 14.4 Å². The third-order valence-corrected chi connectivity index (χ3v) is 7.52. The van der Waals surface area contributed by atoms with E-state index in [-0.39, 0.29) is 30.3 Å². The molecule has 3 heterocycles. The largest absolute Gasteiger partial charge is 0.369 e. The van der Waals surface area contributed by atoms with Gasteiger partial charge in [-0.3, -0.25) is 9.36 Å². The summed E-state index contributed by atoms with van der Waals surface area (Å²) in [5.41, 5.74) is 7.17. The highest BCUT2D eigenvalue weighted by atomic mass is 35.5. The van der Waals surface area contributed by atoms with E-state index in [0.717, 1.165) is 0 Å². The number of amides is 1. The lowest BCUT2D eigenvalue weighted by molar-refractivity contribution is -0.122. The molecule has 2 aromatic heterocycles. The second kappa shape index (κ2) is 10.5. The normalized spacial score (nSPS) is 24.6. The predicted octanol–water partition coefficient (Wildman–Crippen LogP) is 5.63. The van der Waals surface area contributed by atoms with E-state index in [0.29, 0.717) is 82.5 Å². The van der Waals surface area contributed by atoms with Crippen LogP contribution in [0.4, 0.5) is 22.0 Å². The number of carbonyl (C=O) groups excluding carboxylic acids is 1. The van der Waals surface area contributed by atoms with Crippen molar-refractivity contribution in [3.05, 3.63) is 33.4 Å². The molecule has 0 spiro atoms. The Balaban J connectivity index is 1.51. The van der Waals surface area contributed by atoms with E-state index in [1.165, 1.54) is 0 Å². The van der Waals surface area contributed by atoms with Crippen molar-refractivity contribution in [1.82, 2.24) is 19.5 Å². The number of anilines is 3. The predicted molar refractivity (Wildman–Crippen MR) is 138 cm³/mol. The molecular weight excluding hydrogens is 532 g/mol. The molecule has 0 radical (unpaired) electrons. The SMILES string of the molecule is NC(=O)C1CCC(n2c(Nc3c(Cl)cc(Cl)cc3Cl)nc3cnc(NC4CCOC(F)C4)nc32)CC1. The van der Waals surface area contributed by atoms with Crippen LogP contribution in [-0.4, -0.2) is 44.4 Å². The third-order valence-electron chi connectivity index (χ3n) is 6.71. The number of nitrogens with zero attached hydrogens (tertiary/aromatic N) is 4. The Kier molecular flexibility index (Phi) is 7.39. The number of ether oxygens (including phenoxy) is 1. The average Bonchev–Trinajstić information content (AvgIpc) is 3.18. The Labute approximate surface area is 221 Å². The number of hydrogen-bond acceptors (Lipinski definition) is 7. The minimum Gasteiger partial charge on any atom is -0.369 e. The van der Waals surface area contributed by atoms with E-state index in [4.69, 9.17) is 55.2 Å². The van der Waals surface area contributed by atoms with Crippen LogP contribution in [0.25, 0.3) is 11.2 Å². The molecule has 192 valence electrons. The van der Waals surface area contributed by atoms with Crippen LogP contribution in [0.1, 0.15) is 44.6 Å². The molecule has 9 nitrogen and oxygen atoms in total.